The van der Waals surface area contributed by atoms with Crippen molar-refractivity contribution in [2.24, 2.45) is 5.73 Å². The number of nitrogens with zero attached hydrogens (tertiary/aromatic N) is 2. The number of hydrogen-bond acceptors (Lipinski definition) is 4. The summed E-state index contributed by atoms with van der Waals surface area (Å²) in [4.78, 5) is 0. The van der Waals surface area contributed by atoms with Gasteiger partial charge in [-0.15, -0.1) is 0 Å². The molecule has 0 aliphatic carbocycles. The van der Waals surface area contributed by atoms with Crippen LogP contribution in [-0.2, 0) is 16.6 Å². The van der Waals surface area contributed by atoms with Crippen LogP contribution in [-0.4, -0.2) is 42.2 Å². The maximum atomic E-state index is 12.4. The molecule has 0 radical (unpaired) electrons. The topological polar surface area (TPSA) is 92.1 Å². The van der Waals surface area contributed by atoms with E-state index in [1.165, 1.54) is 6.20 Å². The average Bonchev–Trinajstić information content (AvgIpc) is 2.75. The van der Waals surface area contributed by atoms with E-state index in [9.17, 15) is 21.6 Å². The molecular weight excluding hydrogens is 285 g/mol. The average molecular weight is 300 g/mol. The number of aromatic nitrogens is 2. The van der Waals surface area contributed by atoms with E-state index >= 15 is 0 Å². The van der Waals surface area contributed by atoms with Gasteiger partial charge >= 0.3 is 6.18 Å². The number of rotatable bonds is 6. The standard InChI is InChI=1S/C9H15F3N4O2S/c1-2-3-16(6-9(10,11)12)19(17,18)8-7(4-13)5-14-15-8/h5H,2-4,6,13H2,1H3,(H,14,15). The van der Waals surface area contributed by atoms with E-state index in [1.807, 2.05) is 0 Å². The highest BCUT2D eigenvalue weighted by atomic mass is 32.2. The van der Waals surface area contributed by atoms with Gasteiger partial charge in [0.25, 0.3) is 10.0 Å². The molecule has 0 atom stereocenters. The zero-order valence-corrected chi connectivity index (χ0v) is 11.1. The van der Waals surface area contributed by atoms with Crippen LogP contribution in [0.2, 0.25) is 0 Å². The molecule has 0 fully saturated rings. The Labute approximate surface area is 108 Å². The van der Waals surface area contributed by atoms with Crippen molar-refractivity contribution in [2.45, 2.75) is 31.1 Å². The monoisotopic (exact) mass is 300 g/mol. The molecule has 1 aromatic heterocycles. The minimum Gasteiger partial charge on any atom is -0.326 e. The summed E-state index contributed by atoms with van der Waals surface area (Å²) < 4.78 is 61.9. The zero-order valence-electron chi connectivity index (χ0n) is 10.2. The number of halogens is 3. The molecule has 0 saturated heterocycles. The van der Waals surface area contributed by atoms with Crippen molar-refractivity contribution in [1.82, 2.24) is 14.5 Å². The Balaban J connectivity index is 3.13. The lowest BCUT2D eigenvalue weighted by atomic mass is 10.4. The van der Waals surface area contributed by atoms with Crippen molar-refractivity contribution in [3.8, 4) is 0 Å². The van der Waals surface area contributed by atoms with Gasteiger partial charge in [0.05, 0.1) is 6.20 Å². The third kappa shape index (κ3) is 3.91. The van der Waals surface area contributed by atoms with E-state index in [0.717, 1.165) is 0 Å². The molecule has 0 spiro atoms. The minimum absolute atomic E-state index is 0.128. The molecule has 1 rings (SSSR count). The second-order valence-corrected chi connectivity index (χ2v) is 5.76. The number of nitrogens with one attached hydrogen (secondary N) is 1. The Bertz CT molecular complexity index is 512. The second-order valence-electron chi connectivity index (χ2n) is 3.88. The fraction of sp³-hybridized carbons (Fsp3) is 0.667. The third-order valence-corrected chi connectivity index (χ3v) is 4.19. The predicted octanol–water partition coefficient (Wildman–Crippen LogP) is 0.831. The van der Waals surface area contributed by atoms with Gasteiger partial charge in [0, 0.05) is 18.7 Å². The van der Waals surface area contributed by atoms with E-state index in [-0.39, 0.29) is 30.1 Å². The van der Waals surface area contributed by atoms with Crippen LogP contribution in [0.15, 0.2) is 11.2 Å². The summed E-state index contributed by atoms with van der Waals surface area (Å²) in [5.41, 5.74) is 5.48. The number of sulfonamides is 1. The lowest BCUT2D eigenvalue weighted by Crippen LogP contribution is -2.40. The molecule has 0 aliphatic rings. The Morgan fingerprint density at radius 1 is 1.47 bits per heavy atom. The van der Waals surface area contributed by atoms with Crippen LogP contribution in [0.1, 0.15) is 18.9 Å². The van der Waals surface area contributed by atoms with Gasteiger partial charge < -0.3 is 5.73 Å². The smallest absolute Gasteiger partial charge is 0.326 e. The van der Waals surface area contributed by atoms with Gasteiger partial charge in [0.15, 0.2) is 5.03 Å². The Kier molecular flexibility index (Phi) is 4.93. The normalized spacial score (nSPS) is 13.2. The number of hydrogen-bond donors (Lipinski definition) is 2. The number of H-pyrrole nitrogens is 1. The van der Waals surface area contributed by atoms with Crippen LogP contribution in [0.25, 0.3) is 0 Å². The molecule has 0 saturated carbocycles. The van der Waals surface area contributed by atoms with Gasteiger partial charge in [-0.25, -0.2) is 8.42 Å². The molecule has 0 aromatic carbocycles. The maximum Gasteiger partial charge on any atom is 0.402 e. The van der Waals surface area contributed by atoms with E-state index in [2.05, 4.69) is 10.2 Å². The van der Waals surface area contributed by atoms with E-state index in [1.54, 1.807) is 6.92 Å². The van der Waals surface area contributed by atoms with Crippen LogP contribution in [0, 0.1) is 0 Å². The fourth-order valence-electron chi connectivity index (χ4n) is 1.53. The first-order valence-corrected chi connectivity index (χ1v) is 6.95. The summed E-state index contributed by atoms with van der Waals surface area (Å²) in [6, 6.07) is 0. The highest BCUT2D eigenvalue weighted by Crippen LogP contribution is 2.23. The molecule has 1 aromatic rings. The minimum atomic E-state index is -4.61. The van der Waals surface area contributed by atoms with Crippen molar-refractivity contribution in [3.05, 3.63) is 11.8 Å². The quantitative estimate of drug-likeness (QED) is 0.814. The Morgan fingerprint density at radius 3 is 2.58 bits per heavy atom. The summed E-state index contributed by atoms with van der Waals surface area (Å²) in [7, 11) is -4.28. The van der Waals surface area contributed by atoms with Crippen molar-refractivity contribution < 1.29 is 21.6 Å². The molecule has 10 heteroatoms. The predicted molar refractivity (Wildman–Crippen MR) is 61.6 cm³/mol. The lowest BCUT2D eigenvalue weighted by Gasteiger charge is -2.22. The summed E-state index contributed by atoms with van der Waals surface area (Å²) in [6.07, 6.45) is -3.16. The fourth-order valence-corrected chi connectivity index (χ4v) is 3.16. The molecule has 110 valence electrons. The molecule has 6 nitrogen and oxygen atoms in total. The Morgan fingerprint density at radius 2 is 2.11 bits per heavy atom. The third-order valence-electron chi connectivity index (χ3n) is 2.32. The summed E-state index contributed by atoms with van der Waals surface area (Å²) in [5.74, 6) is 0. The first-order valence-electron chi connectivity index (χ1n) is 5.51. The highest BCUT2D eigenvalue weighted by molar-refractivity contribution is 7.89. The molecule has 19 heavy (non-hydrogen) atoms. The van der Waals surface area contributed by atoms with Gasteiger partial charge in [0.1, 0.15) is 6.54 Å². The summed E-state index contributed by atoms with van der Waals surface area (Å²) >= 11 is 0. The summed E-state index contributed by atoms with van der Waals surface area (Å²) in [6.45, 7) is -0.302. The van der Waals surface area contributed by atoms with Crippen molar-refractivity contribution in [2.75, 3.05) is 13.1 Å². The van der Waals surface area contributed by atoms with Gasteiger partial charge in [-0.05, 0) is 6.42 Å². The summed E-state index contributed by atoms with van der Waals surface area (Å²) in [5, 5.41) is 5.32. The van der Waals surface area contributed by atoms with Crippen molar-refractivity contribution in [1.29, 1.82) is 0 Å². The van der Waals surface area contributed by atoms with Crippen molar-refractivity contribution in [3.63, 3.8) is 0 Å². The number of aromatic amines is 1. The van der Waals surface area contributed by atoms with Crippen molar-refractivity contribution >= 4 is 10.0 Å². The lowest BCUT2D eigenvalue weighted by molar-refractivity contribution is -0.136. The van der Waals surface area contributed by atoms with Crippen LogP contribution < -0.4 is 5.73 Å². The first kappa shape index (κ1) is 15.9. The first-order chi connectivity index (χ1) is 8.72. The van der Waals surface area contributed by atoms with E-state index < -0.39 is 22.7 Å². The molecule has 1 heterocycles. The zero-order chi connectivity index (χ0) is 14.7. The molecule has 0 aliphatic heterocycles. The molecule has 0 bridgehead atoms. The molecule has 0 amide bonds. The SMILES string of the molecule is CCCN(CC(F)(F)F)S(=O)(=O)c1[nH]ncc1CN. The van der Waals surface area contributed by atoms with Gasteiger partial charge in [-0.3, -0.25) is 5.10 Å². The van der Waals surface area contributed by atoms with Gasteiger partial charge in [-0.2, -0.15) is 22.6 Å². The van der Waals surface area contributed by atoms with E-state index in [0.29, 0.717) is 4.31 Å². The Hall–Kier alpha value is -1.13. The van der Waals surface area contributed by atoms with Crippen LogP contribution in [0.4, 0.5) is 13.2 Å². The van der Waals surface area contributed by atoms with Gasteiger partial charge in [0.2, 0.25) is 0 Å². The van der Waals surface area contributed by atoms with Gasteiger partial charge in [-0.1, -0.05) is 6.92 Å². The largest absolute Gasteiger partial charge is 0.402 e. The molecule has 3 N–H and O–H groups in total. The van der Waals surface area contributed by atoms with E-state index in [4.69, 9.17) is 5.73 Å². The molecule has 0 unspecified atom stereocenters. The van der Waals surface area contributed by atoms with Crippen LogP contribution in [0.5, 0.6) is 0 Å². The number of nitrogens with two attached hydrogens (primary N) is 1. The second kappa shape index (κ2) is 5.88. The highest BCUT2D eigenvalue weighted by Gasteiger charge is 2.37. The van der Waals surface area contributed by atoms with Crippen LogP contribution in [0.3, 0.4) is 0 Å². The molecular formula is C9H15F3N4O2S. The van der Waals surface area contributed by atoms with Crippen LogP contribution >= 0.6 is 0 Å². The maximum absolute atomic E-state index is 12.4. The number of alkyl halides is 3.